The van der Waals surface area contributed by atoms with E-state index >= 15 is 0 Å². The Morgan fingerprint density at radius 3 is 3.00 bits per heavy atom. The second kappa shape index (κ2) is 5.77. The maximum absolute atomic E-state index is 8.88. The van der Waals surface area contributed by atoms with Crippen LogP contribution in [0.25, 0.3) is 0 Å². The lowest BCUT2D eigenvalue weighted by Gasteiger charge is -2.10. The molecule has 0 saturated carbocycles. The summed E-state index contributed by atoms with van der Waals surface area (Å²) < 4.78 is 5.67. The second-order valence-corrected chi connectivity index (χ2v) is 4.99. The summed E-state index contributed by atoms with van der Waals surface area (Å²) in [6.45, 7) is 2.40. The lowest BCUT2D eigenvalue weighted by atomic mass is 10.0. The molecule has 2 aromatic carbocycles. The summed E-state index contributed by atoms with van der Waals surface area (Å²) in [5, 5.41) is 12.3. The van der Waals surface area contributed by atoms with Crippen LogP contribution in [0, 0.1) is 11.3 Å². The Hall–Kier alpha value is -2.31. The summed E-state index contributed by atoms with van der Waals surface area (Å²) in [6, 6.07) is 18.1. The van der Waals surface area contributed by atoms with E-state index in [0.29, 0.717) is 11.5 Å². The first-order valence-corrected chi connectivity index (χ1v) is 6.78. The van der Waals surface area contributed by atoms with Crippen LogP contribution in [0.15, 0.2) is 48.5 Å². The van der Waals surface area contributed by atoms with Crippen molar-refractivity contribution >= 4 is 0 Å². The summed E-state index contributed by atoms with van der Waals surface area (Å²) in [7, 11) is 0. The number of hydrogen-bond donors (Lipinski definition) is 1. The number of fused-ring (bicyclic) bond motifs is 1. The highest BCUT2D eigenvalue weighted by Crippen LogP contribution is 2.32. The van der Waals surface area contributed by atoms with E-state index in [1.165, 1.54) is 5.56 Å². The third-order valence-electron chi connectivity index (χ3n) is 3.57. The van der Waals surface area contributed by atoms with Gasteiger partial charge in [-0.15, -0.1) is 0 Å². The van der Waals surface area contributed by atoms with Crippen molar-refractivity contribution in [2.75, 3.05) is 13.2 Å². The molecule has 2 aromatic rings. The molecule has 1 N–H and O–H groups in total. The van der Waals surface area contributed by atoms with Crippen molar-refractivity contribution in [1.29, 1.82) is 5.26 Å². The summed E-state index contributed by atoms with van der Waals surface area (Å²) in [4.78, 5) is 0. The molecule has 3 heteroatoms. The molecule has 0 radical (unpaired) electrons. The van der Waals surface area contributed by atoms with Crippen molar-refractivity contribution < 1.29 is 4.74 Å². The lowest BCUT2D eigenvalue weighted by Crippen LogP contribution is -2.22. The van der Waals surface area contributed by atoms with Gasteiger partial charge in [0, 0.05) is 24.6 Å². The van der Waals surface area contributed by atoms with Crippen LogP contribution < -0.4 is 10.1 Å². The molecular formula is C17H16N2O. The van der Waals surface area contributed by atoms with E-state index in [0.717, 1.165) is 31.0 Å². The largest absolute Gasteiger partial charge is 0.493 e. The van der Waals surface area contributed by atoms with E-state index in [1.54, 1.807) is 0 Å². The van der Waals surface area contributed by atoms with Crippen molar-refractivity contribution in [1.82, 2.24) is 5.32 Å². The topological polar surface area (TPSA) is 45.0 Å². The van der Waals surface area contributed by atoms with Crippen LogP contribution >= 0.6 is 0 Å². The summed E-state index contributed by atoms with van der Waals surface area (Å²) >= 11 is 0. The van der Waals surface area contributed by atoms with Crippen molar-refractivity contribution in [3.05, 3.63) is 65.2 Å². The molecule has 1 atom stereocenters. The first kappa shape index (κ1) is 12.7. The van der Waals surface area contributed by atoms with Gasteiger partial charge in [-0.25, -0.2) is 0 Å². The van der Waals surface area contributed by atoms with E-state index in [1.807, 2.05) is 36.4 Å². The summed E-state index contributed by atoms with van der Waals surface area (Å²) in [5.41, 5.74) is 3.13. The Morgan fingerprint density at radius 2 is 2.10 bits per heavy atom. The molecule has 1 unspecified atom stereocenters. The highest BCUT2D eigenvalue weighted by atomic mass is 16.5. The number of benzene rings is 2. The molecule has 3 nitrogen and oxygen atoms in total. The summed E-state index contributed by atoms with van der Waals surface area (Å²) in [5.74, 6) is 1.41. The number of para-hydroxylation sites is 1. The average molecular weight is 264 g/mol. The molecule has 0 fully saturated rings. The third-order valence-corrected chi connectivity index (χ3v) is 3.57. The van der Waals surface area contributed by atoms with Gasteiger partial charge in [0.2, 0.25) is 0 Å². The average Bonchev–Trinajstić information content (AvgIpc) is 2.91. The van der Waals surface area contributed by atoms with E-state index < -0.39 is 0 Å². The fourth-order valence-electron chi connectivity index (χ4n) is 2.54. The Kier molecular flexibility index (Phi) is 3.67. The van der Waals surface area contributed by atoms with E-state index in [2.05, 4.69) is 23.5 Å². The molecule has 0 aliphatic carbocycles. The highest BCUT2D eigenvalue weighted by Gasteiger charge is 2.22. The molecule has 0 spiro atoms. The summed E-state index contributed by atoms with van der Waals surface area (Å²) in [6.07, 6.45) is 0. The standard InChI is InChI=1S/C17H16N2O/c18-9-13-4-3-5-14(8-13)10-19-11-15-12-20-17-7-2-1-6-16(15)17/h1-8,15,19H,10-12H2. The normalized spacial score (nSPS) is 16.2. The molecule has 0 amide bonds. The predicted molar refractivity (Wildman–Crippen MR) is 77.5 cm³/mol. The maximum atomic E-state index is 8.88. The molecular weight excluding hydrogens is 248 g/mol. The zero-order chi connectivity index (χ0) is 13.8. The maximum Gasteiger partial charge on any atom is 0.122 e. The molecule has 0 aromatic heterocycles. The molecule has 3 rings (SSSR count). The minimum atomic E-state index is 0.408. The van der Waals surface area contributed by atoms with Gasteiger partial charge in [0.15, 0.2) is 0 Å². The SMILES string of the molecule is N#Cc1cccc(CNCC2COc3ccccc32)c1. The van der Waals surface area contributed by atoms with E-state index in [4.69, 9.17) is 10.00 Å². The van der Waals surface area contributed by atoms with E-state index in [-0.39, 0.29) is 0 Å². The number of nitriles is 1. The molecule has 0 saturated heterocycles. The smallest absolute Gasteiger partial charge is 0.122 e. The van der Waals surface area contributed by atoms with Gasteiger partial charge in [-0.1, -0.05) is 30.3 Å². The third kappa shape index (κ3) is 2.66. The lowest BCUT2D eigenvalue weighted by molar-refractivity contribution is 0.326. The monoisotopic (exact) mass is 264 g/mol. The van der Waals surface area contributed by atoms with Crippen molar-refractivity contribution in [2.24, 2.45) is 0 Å². The quantitative estimate of drug-likeness (QED) is 0.923. The van der Waals surface area contributed by atoms with Gasteiger partial charge in [0.05, 0.1) is 18.2 Å². The van der Waals surface area contributed by atoms with Gasteiger partial charge in [-0.2, -0.15) is 5.26 Å². The number of nitrogens with one attached hydrogen (secondary N) is 1. The molecule has 1 aliphatic rings. The van der Waals surface area contributed by atoms with Crippen LogP contribution in [0.4, 0.5) is 0 Å². The van der Waals surface area contributed by atoms with Crippen LogP contribution in [-0.4, -0.2) is 13.2 Å². The van der Waals surface area contributed by atoms with Crippen LogP contribution in [-0.2, 0) is 6.54 Å². The van der Waals surface area contributed by atoms with Gasteiger partial charge in [-0.05, 0) is 23.8 Å². The van der Waals surface area contributed by atoms with Gasteiger partial charge in [0.25, 0.3) is 0 Å². The van der Waals surface area contributed by atoms with Gasteiger partial charge < -0.3 is 10.1 Å². The molecule has 0 bridgehead atoms. The van der Waals surface area contributed by atoms with Gasteiger partial charge in [0.1, 0.15) is 5.75 Å². The van der Waals surface area contributed by atoms with Gasteiger partial charge in [-0.3, -0.25) is 0 Å². The molecule has 1 aliphatic heterocycles. The van der Waals surface area contributed by atoms with E-state index in [9.17, 15) is 0 Å². The van der Waals surface area contributed by atoms with Crippen LogP contribution in [0.2, 0.25) is 0 Å². The number of rotatable bonds is 4. The van der Waals surface area contributed by atoms with Crippen LogP contribution in [0.3, 0.4) is 0 Å². The second-order valence-electron chi connectivity index (χ2n) is 4.99. The number of ether oxygens (including phenoxy) is 1. The minimum Gasteiger partial charge on any atom is -0.493 e. The number of hydrogen-bond acceptors (Lipinski definition) is 3. The van der Waals surface area contributed by atoms with Crippen LogP contribution in [0.5, 0.6) is 5.75 Å². The fraction of sp³-hybridized carbons (Fsp3) is 0.235. The fourth-order valence-corrected chi connectivity index (χ4v) is 2.54. The molecule has 100 valence electrons. The first-order chi connectivity index (χ1) is 9.86. The first-order valence-electron chi connectivity index (χ1n) is 6.78. The zero-order valence-corrected chi connectivity index (χ0v) is 11.2. The number of nitrogens with zero attached hydrogens (tertiary/aromatic N) is 1. The van der Waals surface area contributed by atoms with Gasteiger partial charge >= 0.3 is 0 Å². The van der Waals surface area contributed by atoms with Crippen molar-refractivity contribution in [2.45, 2.75) is 12.5 Å². The Morgan fingerprint density at radius 1 is 1.20 bits per heavy atom. The Bertz CT molecular complexity index is 645. The Labute approximate surface area is 118 Å². The molecule has 20 heavy (non-hydrogen) atoms. The molecule has 1 heterocycles. The highest BCUT2D eigenvalue weighted by molar-refractivity contribution is 5.39. The van der Waals surface area contributed by atoms with Crippen molar-refractivity contribution in [3.63, 3.8) is 0 Å². The van der Waals surface area contributed by atoms with Crippen LogP contribution in [0.1, 0.15) is 22.6 Å². The zero-order valence-electron chi connectivity index (χ0n) is 11.2. The Balaban J connectivity index is 1.57. The minimum absolute atomic E-state index is 0.408. The predicted octanol–water partition coefficient (Wildman–Crippen LogP) is 2.82. The van der Waals surface area contributed by atoms with Crippen molar-refractivity contribution in [3.8, 4) is 11.8 Å².